The van der Waals surface area contributed by atoms with Crippen LogP contribution in [-0.4, -0.2) is 21.9 Å². The van der Waals surface area contributed by atoms with Gasteiger partial charge in [-0.2, -0.15) is 0 Å². The van der Waals surface area contributed by atoms with E-state index < -0.39 is 0 Å². The number of hydrogen-bond acceptors (Lipinski definition) is 4. The molecule has 1 atom stereocenters. The first-order valence-electron chi connectivity index (χ1n) is 5.53. The normalized spacial score (nSPS) is 16.8. The summed E-state index contributed by atoms with van der Waals surface area (Å²) in [7, 11) is 0. The molecule has 0 saturated heterocycles. The Kier molecular flexibility index (Phi) is 3.03. The van der Waals surface area contributed by atoms with E-state index in [2.05, 4.69) is 15.3 Å². The number of rotatable bonds is 4. The first-order valence-corrected chi connectivity index (χ1v) is 5.53. The Hall–Kier alpha value is -1.65. The third kappa shape index (κ3) is 2.92. The minimum atomic E-state index is -0.201. The average Bonchev–Trinajstić information content (AvgIpc) is 3.01. The van der Waals surface area contributed by atoms with Gasteiger partial charge in [0.15, 0.2) is 0 Å². The number of carbonyl (C=O) groups is 1. The Labute approximate surface area is 94.5 Å². The molecule has 1 heterocycles. The van der Waals surface area contributed by atoms with Crippen LogP contribution in [0.25, 0.3) is 0 Å². The predicted molar refractivity (Wildman–Crippen MR) is 60.7 cm³/mol. The van der Waals surface area contributed by atoms with Crippen molar-refractivity contribution in [1.82, 2.24) is 15.3 Å². The Balaban J connectivity index is 1.91. The highest BCUT2D eigenvalue weighted by Crippen LogP contribution is 2.33. The van der Waals surface area contributed by atoms with Crippen molar-refractivity contribution in [3.05, 3.63) is 18.1 Å². The molecule has 0 radical (unpaired) electrons. The molecule has 2 rings (SSSR count). The van der Waals surface area contributed by atoms with Crippen LogP contribution in [0.3, 0.4) is 0 Å². The van der Waals surface area contributed by atoms with E-state index in [0.717, 1.165) is 12.3 Å². The van der Waals surface area contributed by atoms with Crippen LogP contribution in [0, 0.1) is 5.92 Å². The van der Waals surface area contributed by atoms with Gasteiger partial charge >= 0.3 is 0 Å². The molecule has 1 aromatic rings. The Morgan fingerprint density at radius 2 is 2.38 bits per heavy atom. The van der Waals surface area contributed by atoms with Gasteiger partial charge in [-0.25, -0.2) is 4.98 Å². The van der Waals surface area contributed by atoms with Gasteiger partial charge in [-0.15, -0.1) is 0 Å². The summed E-state index contributed by atoms with van der Waals surface area (Å²) in [5, 5.41) is 2.90. The number of carbonyl (C=O) groups excluding carboxylic acids is 1. The fourth-order valence-electron chi connectivity index (χ4n) is 1.70. The van der Waals surface area contributed by atoms with E-state index in [1.807, 2.05) is 6.92 Å². The molecule has 86 valence electrons. The highest BCUT2D eigenvalue weighted by Gasteiger charge is 2.24. The third-order valence-electron chi connectivity index (χ3n) is 2.65. The Bertz CT molecular complexity index is 389. The minimum Gasteiger partial charge on any atom is -0.382 e. The molecule has 0 aromatic carbocycles. The van der Waals surface area contributed by atoms with E-state index in [9.17, 15) is 4.79 Å². The summed E-state index contributed by atoms with van der Waals surface area (Å²) in [6, 6.07) is 0.184. The summed E-state index contributed by atoms with van der Waals surface area (Å²) in [5.41, 5.74) is 5.74. The molecule has 5 nitrogen and oxygen atoms in total. The molecule has 5 heteroatoms. The van der Waals surface area contributed by atoms with Crippen LogP contribution < -0.4 is 11.1 Å². The monoisotopic (exact) mass is 220 g/mol. The molecule has 1 aromatic heterocycles. The van der Waals surface area contributed by atoms with Crippen LogP contribution in [0.2, 0.25) is 0 Å². The molecular formula is C11H16N4O. The van der Waals surface area contributed by atoms with Gasteiger partial charge in [0.25, 0.3) is 5.91 Å². The zero-order valence-electron chi connectivity index (χ0n) is 9.31. The first-order chi connectivity index (χ1) is 7.65. The van der Waals surface area contributed by atoms with E-state index in [4.69, 9.17) is 5.73 Å². The molecule has 1 unspecified atom stereocenters. The molecule has 0 spiro atoms. The standard InChI is InChI=1S/C11H16N4O/c1-7(4-8-2-3-8)14-11(16)9-5-13-6-10(12)15-9/h5-8H,2-4H2,1H3,(H2,12,15)(H,14,16). The molecule has 0 bridgehead atoms. The van der Waals surface area contributed by atoms with Crippen molar-refractivity contribution in [1.29, 1.82) is 0 Å². The Morgan fingerprint density at radius 1 is 1.62 bits per heavy atom. The molecule has 1 saturated carbocycles. The van der Waals surface area contributed by atoms with E-state index in [1.54, 1.807) is 0 Å². The average molecular weight is 220 g/mol. The zero-order valence-corrected chi connectivity index (χ0v) is 9.31. The fraction of sp³-hybridized carbons (Fsp3) is 0.545. The SMILES string of the molecule is CC(CC1CC1)NC(=O)c1cncc(N)n1. The number of nitrogens with one attached hydrogen (secondary N) is 1. The molecular weight excluding hydrogens is 204 g/mol. The largest absolute Gasteiger partial charge is 0.382 e. The summed E-state index contributed by atoms with van der Waals surface area (Å²) < 4.78 is 0. The molecule has 1 amide bonds. The Morgan fingerprint density at radius 3 is 3.00 bits per heavy atom. The van der Waals surface area contributed by atoms with Crippen molar-refractivity contribution in [2.75, 3.05) is 5.73 Å². The van der Waals surface area contributed by atoms with Gasteiger partial charge in [-0.1, -0.05) is 12.8 Å². The molecule has 1 aliphatic carbocycles. The summed E-state index contributed by atoms with van der Waals surface area (Å²) in [6.45, 7) is 2.01. The second-order valence-corrected chi connectivity index (χ2v) is 4.38. The lowest BCUT2D eigenvalue weighted by atomic mass is 10.1. The van der Waals surface area contributed by atoms with Crippen molar-refractivity contribution in [2.45, 2.75) is 32.2 Å². The van der Waals surface area contributed by atoms with Gasteiger partial charge in [-0.05, 0) is 19.3 Å². The maximum atomic E-state index is 11.7. The predicted octanol–water partition coefficient (Wildman–Crippen LogP) is 0.977. The molecule has 0 aliphatic heterocycles. The van der Waals surface area contributed by atoms with E-state index in [1.165, 1.54) is 25.2 Å². The molecule has 1 fully saturated rings. The lowest BCUT2D eigenvalue weighted by molar-refractivity contribution is 0.0932. The molecule has 3 N–H and O–H groups in total. The van der Waals surface area contributed by atoms with Gasteiger partial charge in [0, 0.05) is 6.04 Å². The lowest BCUT2D eigenvalue weighted by Crippen LogP contribution is -2.33. The van der Waals surface area contributed by atoms with Crippen LogP contribution in [0.5, 0.6) is 0 Å². The number of hydrogen-bond donors (Lipinski definition) is 2. The maximum absolute atomic E-state index is 11.7. The van der Waals surface area contributed by atoms with Gasteiger partial charge in [0.2, 0.25) is 0 Å². The van der Waals surface area contributed by atoms with Crippen molar-refractivity contribution in [3.8, 4) is 0 Å². The smallest absolute Gasteiger partial charge is 0.271 e. The van der Waals surface area contributed by atoms with Crippen molar-refractivity contribution >= 4 is 11.7 Å². The maximum Gasteiger partial charge on any atom is 0.271 e. The van der Waals surface area contributed by atoms with Crippen LogP contribution >= 0.6 is 0 Å². The minimum absolute atomic E-state index is 0.184. The highest BCUT2D eigenvalue weighted by atomic mass is 16.1. The number of nitrogens with two attached hydrogens (primary N) is 1. The number of nitrogen functional groups attached to an aromatic ring is 1. The highest BCUT2D eigenvalue weighted by molar-refractivity contribution is 5.92. The third-order valence-corrected chi connectivity index (χ3v) is 2.65. The fourth-order valence-corrected chi connectivity index (χ4v) is 1.70. The van der Waals surface area contributed by atoms with Crippen LogP contribution in [-0.2, 0) is 0 Å². The van der Waals surface area contributed by atoms with Crippen LogP contribution in [0.1, 0.15) is 36.7 Å². The molecule has 16 heavy (non-hydrogen) atoms. The second-order valence-electron chi connectivity index (χ2n) is 4.38. The quantitative estimate of drug-likeness (QED) is 0.792. The van der Waals surface area contributed by atoms with Crippen molar-refractivity contribution in [3.63, 3.8) is 0 Å². The second kappa shape index (κ2) is 4.47. The number of anilines is 1. The van der Waals surface area contributed by atoms with Crippen molar-refractivity contribution < 1.29 is 4.79 Å². The van der Waals surface area contributed by atoms with Gasteiger partial charge < -0.3 is 11.1 Å². The van der Waals surface area contributed by atoms with Crippen LogP contribution in [0.15, 0.2) is 12.4 Å². The zero-order chi connectivity index (χ0) is 11.5. The summed E-state index contributed by atoms with van der Waals surface area (Å²) >= 11 is 0. The number of nitrogens with zero attached hydrogens (tertiary/aromatic N) is 2. The number of amides is 1. The summed E-state index contributed by atoms with van der Waals surface area (Å²) in [5.74, 6) is 0.859. The van der Waals surface area contributed by atoms with Gasteiger partial charge in [0.05, 0.1) is 12.4 Å². The van der Waals surface area contributed by atoms with Gasteiger partial charge in [-0.3, -0.25) is 9.78 Å². The summed E-state index contributed by atoms with van der Waals surface area (Å²) in [4.78, 5) is 19.5. The van der Waals surface area contributed by atoms with Crippen molar-refractivity contribution in [2.24, 2.45) is 5.92 Å². The first kappa shape index (κ1) is 10.9. The number of aromatic nitrogens is 2. The van der Waals surface area contributed by atoms with Crippen LogP contribution in [0.4, 0.5) is 5.82 Å². The van der Waals surface area contributed by atoms with Gasteiger partial charge in [0.1, 0.15) is 11.5 Å². The van der Waals surface area contributed by atoms with E-state index >= 15 is 0 Å². The topological polar surface area (TPSA) is 80.9 Å². The summed E-state index contributed by atoms with van der Waals surface area (Å²) in [6.07, 6.45) is 6.47. The lowest BCUT2D eigenvalue weighted by Gasteiger charge is -2.12. The molecule has 1 aliphatic rings. The van der Waals surface area contributed by atoms with E-state index in [0.29, 0.717) is 0 Å². The van der Waals surface area contributed by atoms with E-state index in [-0.39, 0.29) is 23.5 Å².